The van der Waals surface area contributed by atoms with Crippen LogP contribution in [0.15, 0.2) is 48.9 Å². The summed E-state index contributed by atoms with van der Waals surface area (Å²) in [6.45, 7) is 0. The quantitative estimate of drug-likeness (QED) is 0.601. The van der Waals surface area contributed by atoms with Gasteiger partial charge in [-0.05, 0) is 36.4 Å². The first kappa shape index (κ1) is 19.1. The number of anilines is 1. The molecule has 1 aromatic carbocycles. The zero-order chi connectivity index (χ0) is 20.3. The van der Waals surface area contributed by atoms with Crippen LogP contribution in [0, 0.1) is 0 Å². The number of carbonyl (C=O) groups is 3. The van der Waals surface area contributed by atoms with Gasteiger partial charge < -0.3 is 16.4 Å². The fourth-order valence-electron chi connectivity index (χ4n) is 2.51. The van der Waals surface area contributed by atoms with Gasteiger partial charge in [-0.3, -0.25) is 19.0 Å². The van der Waals surface area contributed by atoms with E-state index >= 15 is 0 Å². The molecule has 2 aromatic heterocycles. The normalized spacial score (nSPS) is 10.4. The lowest BCUT2D eigenvalue weighted by molar-refractivity contribution is 0.0937. The SMILES string of the molecule is CNC(=O)c1ncn(-c2ccc(NC(=O)c3ncccc3Cl)cc2)c1C(N)=O. The smallest absolute Gasteiger partial charge is 0.275 e. The molecule has 3 rings (SSSR count). The number of halogens is 1. The Balaban J connectivity index is 1.87. The van der Waals surface area contributed by atoms with Crippen LogP contribution in [-0.2, 0) is 0 Å². The maximum Gasteiger partial charge on any atom is 0.275 e. The second-order valence-corrected chi connectivity index (χ2v) is 6.00. The van der Waals surface area contributed by atoms with Crippen molar-refractivity contribution in [2.75, 3.05) is 12.4 Å². The van der Waals surface area contributed by atoms with Crippen LogP contribution in [0.4, 0.5) is 5.69 Å². The molecular formula is C18H15ClN6O3. The molecule has 0 saturated heterocycles. The second kappa shape index (κ2) is 7.89. The molecule has 0 saturated carbocycles. The lowest BCUT2D eigenvalue weighted by atomic mass is 10.2. The van der Waals surface area contributed by atoms with Gasteiger partial charge in [-0.15, -0.1) is 0 Å². The molecule has 28 heavy (non-hydrogen) atoms. The Morgan fingerprint density at radius 3 is 2.36 bits per heavy atom. The number of hydrogen-bond donors (Lipinski definition) is 3. The number of nitrogens with zero attached hydrogens (tertiary/aromatic N) is 3. The second-order valence-electron chi connectivity index (χ2n) is 5.59. The van der Waals surface area contributed by atoms with E-state index in [1.165, 1.54) is 24.1 Å². The highest BCUT2D eigenvalue weighted by Gasteiger charge is 2.22. The largest absolute Gasteiger partial charge is 0.364 e. The summed E-state index contributed by atoms with van der Waals surface area (Å²) in [6, 6.07) is 9.71. The lowest BCUT2D eigenvalue weighted by Crippen LogP contribution is -2.25. The number of benzene rings is 1. The molecule has 0 aliphatic heterocycles. The zero-order valence-corrected chi connectivity index (χ0v) is 15.4. The molecule has 9 nitrogen and oxygen atoms in total. The fourth-order valence-corrected chi connectivity index (χ4v) is 2.72. The molecule has 0 aliphatic carbocycles. The maximum absolute atomic E-state index is 12.3. The van der Waals surface area contributed by atoms with Gasteiger partial charge in [0.25, 0.3) is 17.7 Å². The molecule has 10 heteroatoms. The summed E-state index contributed by atoms with van der Waals surface area (Å²) in [6.07, 6.45) is 2.80. The van der Waals surface area contributed by atoms with Gasteiger partial charge in [0.2, 0.25) is 0 Å². The number of nitrogens with one attached hydrogen (secondary N) is 2. The third-order valence-electron chi connectivity index (χ3n) is 3.82. The van der Waals surface area contributed by atoms with Gasteiger partial charge in [-0.25, -0.2) is 9.97 Å². The number of primary amides is 1. The van der Waals surface area contributed by atoms with E-state index in [0.29, 0.717) is 11.4 Å². The van der Waals surface area contributed by atoms with Crippen molar-refractivity contribution in [3.8, 4) is 5.69 Å². The molecule has 0 fully saturated rings. The number of imidazole rings is 1. The molecule has 142 valence electrons. The fraction of sp³-hybridized carbons (Fsp3) is 0.0556. The predicted octanol–water partition coefficient (Wildman–Crippen LogP) is 1.63. The Bertz CT molecular complexity index is 1060. The van der Waals surface area contributed by atoms with Gasteiger partial charge in [-0.1, -0.05) is 11.6 Å². The van der Waals surface area contributed by atoms with Crippen LogP contribution >= 0.6 is 11.6 Å². The average Bonchev–Trinajstić information content (AvgIpc) is 3.13. The Morgan fingerprint density at radius 2 is 1.75 bits per heavy atom. The highest BCUT2D eigenvalue weighted by atomic mass is 35.5. The van der Waals surface area contributed by atoms with Crippen LogP contribution in [0.3, 0.4) is 0 Å². The van der Waals surface area contributed by atoms with E-state index in [1.54, 1.807) is 36.4 Å². The average molecular weight is 399 g/mol. The molecule has 0 unspecified atom stereocenters. The van der Waals surface area contributed by atoms with E-state index in [9.17, 15) is 14.4 Å². The number of carbonyl (C=O) groups excluding carboxylic acids is 3. The number of rotatable bonds is 5. The first-order valence-electron chi connectivity index (χ1n) is 8.04. The Morgan fingerprint density at radius 1 is 1.04 bits per heavy atom. The molecule has 2 heterocycles. The van der Waals surface area contributed by atoms with Crippen molar-refractivity contribution < 1.29 is 14.4 Å². The summed E-state index contributed by atoms with van der Waals surface area (Å²) in [5.41, 5.74) is 6.42. The predicted molar refractivity (Wildman–Crippen MR) is 103 cm³/mol. The summed E-state index contributed by atoms with van der Waals surface area (Å²) < 4.78 is 1.40. The third kappa shape index (κ3) is 3.69. The van der Waals surface area contributed by atoms with Crippen molar-refractivity contribution in [1.29, 1.82) is 0 Å². The van der Waals surface area contributed by atoms with Crippen LogP contribution in [-0.4, -0.2) is 39.3 Å². The van der Waals surface area contributed by atoms with E-state index in [2.05, 4.69) is 20.6 Å². The topological polar surface area (TPSA) is 132 Å². The molecule has 3 aromatic rings. The first-order valence-corrected chi connectivity index (χ1v) is 8.41. The first-order chi connectivity index (χ1) is 13.4. The summed E-state index contributed by atoms with van der Waals surface area (Å²) in [5.74, 6) is -1.78. The van der Waals surface area contributed by atoms with Gasteiger partial charge in [0.05, 0.1) is 5.02 Å². The molecule has 4 N–H and O–H groups in total. The van der Waals surface area contributed by atoms with Crippen molar-refractivity contribution >= 4 is 35.0 Å². The molecule has 0 aliphatic rings. The van der Waals surface area contributed by atoms with Crippen molar-refractivity contribution in [2.24, 2.45) is 5.73 Å². The summed E-state index contributed by atoms with van der Waals surface area (Å²) in [5, 5.41) is 5.33. The number of aromatic nitrogens is 3. The molecule has 0 atom stereocenters. The van der Waals surface area contributed by atoms with Crippen molar-refractivity contribution in [3.63, 3.8) is 0 Å². The summed E-state index contributed by atoms with van der Waals surface area (Å²) in [4.78, 5) is 43.8. The van der Waals surface area contributed by atoms with Gasteiger partial charge in [0.15, 0.2) is 5.69 Å². The van der Waals surface area contributed by atoms with E-state index in [0.717, 1.165) is 0 Å². The monoisotopic (exact) mass is 398 g/mol. The molecular weight excluding hydrogens is 384 g/mol. The van der Waals surface area contributed by atoms with E-state index in [1.807, 2.05) is 0 Å². The van der Waals surface area contributed by atoms with Gasteiger partial charge in [0.1, 0.15) is 17.7 Å². The van der Waals surface area contributed by atoms with Gasteiger partial charge >= 0.3 is 0 Å². The molecule has 0 bridgehead atoms. The highest BCUT2D eigenvalue weighted by Crippen LogP contribution is 2.19. The Kier molecular flexibility index (Phi) is 5.37. The number of nitrogens with two attached hydrogens (primary N) is 1. The van der Waals surface area contributed by atoms with Crippen LogP contribution < -0.4 is 16.4 Å². The summed E-state index contributed by atoms with van der Waals surface area (Å²) >= 11 is 5.97. The molecule has 0 spiro atoms. The number of pyridine rings is 1. The standard InChI is InChI=1S/C18H15ClN6O3/c1-21-17(27)14-15(16(20)26)25(9-23-14)11-6-4-10(5-7-11)24-18(28)13-12(19)3-2-8-22-13/h2-9H,1H3,(H2,20,26)(H,21,27)(H,24,28). The van der Waals surface area contributed by atoms with Gasteiger partial charge in [0, 0.05) is 24.6 Å². The zero-order valence-electron chi connectivity index (χ0n) is 14.6. The third-order valence-corrected chi connectivity index (χ3v) is 4.12. The molecule has 0 radical (unpaired) electrons. The van der Waals surface area contributed by atoms with Gasteiger partial charge in [-0.2, -0.15) is 0 Å². The van der Waals surface area contributed by atoms with Crippen molar-refractivity contribution in [2.45, 2.75) is 0 Å². The van der Waals surface area contributed by atoms with E-state index in [4.69, 9.17) is 17.3 Å². The van der Waals surface area contributed by atoms with Crippen molar-refractivity contribution in [3.05, 3.63) is 71.0 Å². The molecule has 3 amide bonds. The van der Waals surface area contributed by atoms with Crippen LogP contribution in [0.2, 0.25) is 5.02 Å². The van der Waals surface area contributed by atoms with Crippen LogP contribution in [0.5, 0.6) is 0 Å². The summed E-state index contributed by atoms with van der Waals surface area (Å²) in [7, 11) is 1.43. The van der Waals surface area contributed by atoms with Crippen molar-refractivity contribution in [1.82, 2.24) is 19.9 Å². The lowest BCUT2D eigenvalue weighted by Gasteiger charge is -2.09. The Hall–Kier alpha value is -3.72. The maximum atomic E-state index is 12.3. The Labute approximate surface area is 164 Å². The highest BCUT2D eigenvalue weighted by molar-refractivity contribution is 6.34. The minimum atomic E-state index is -0.793. The number of hydrogen-bond acceptors (Lipinski definition) is 5. The van der Waals surface area contributed by atoms with E-state index in [-0.39, 0.29) is 22.1 Å². The van der Waals surface area contributed by atoms with E-state index < -0.39 is 17.7 Å². The van der Waals surface area contributed by atoms with Crippen LogP contribution in [0.25, 0.3) is 5.69 Å². The van der Waals surface area contributed by atoms with Crippen LogP contribution in [0.1, 0.15) is 31.5 Å². The minimum Gasteiger partial charge on any atom is -0.364 e. The minimum absolute atomic E-state index is 0.0450. The number of amides is 3.